The first-order valence-corrected chi connectivity index (χ1v) is 24.2. The van der Waals surface area contributed by atoms with Gasteiger partial charge in [-0.15, -0.1) is 11.3 Å². The summed E-state index contributed by atoms with van der Waals surface area (Å²) in [5.74, 6) is 0. The van der Waals surface area contributed by atoms with E-state index >= 15 is 0 Å². The zero-order valence-electron chi connectivity index (χ0n) is 37.2. The van der Waals surface area contributed by atoms with Gasteiger partial charge in [-0.3, -0.25) is 0 Å². The zero-order chi connectivity index (χ0) is 44.4. The van der Waals surface area contributed by atoms with E-state index in [2.05, 4.69) is 254 Å². The highest BCUT2D eigenvalue weighted by Crippen LogP contribution is 2.65. The molecule has 1 heterocycles. The summed E-state index contributed by atoms with van der Waals surface area (Å²) in [6.45, 7) is 4.73. The van der Waals surface area contributed by atoms with Crippen molar-refractivity contribution in [2.45, 2.75) is 24.7 Å². The molecule has 1 spiro atoms. The van der Waals surface area contributed by atoms with Crippen LogP contribution in [0.25, 0.3) is 53.6 Å². The van der Waals surface area contributed by atoms with E-state index < -0.39 is 5.41 Å². The SMILES string of the molecule is CC1(C)c2ccccc2-c2ccc(N(c3ccccc3)c3ccc4c(c3)-c3ccccc3C43c4ccccc4-c4c(N(c5ccccc5)c5cccc6c5sc5ccccc56)cccc43)cc21. The third kappa shape index (κ3) is 5.26. The first-order valence-electron chi connectivity index (χ1n) is 23.3. The van der Waals surface area contributed by atoms with Gasteiger partial charge in [0.05, 0.1) is 21.5 Å². The normalized spacial score (nSPS) is 15.5. The maximum Gasteiger partial charge on any atom is 0.0726 e. The van der Waals surface area contributed by atoms with Crippen LogP contribution in [0.4, 0.5) is 34.1 Å². The third-order valence-corrected chi connectivity index (χ3v) is 16.3. The lowest BCUT2D eigenvalue weighted by molar-refractivity contribution is 0.660. The van der Waals surface area contributed by atoms with Crippen LogP contribution >= 0.6 is 11.3 Å². The molecule has 11 aromatic rings. The quantitative estimate of drug-likeness (QED) is 0.164. The fourth-order valence-corrected chi connectivity index (χ4v) is 13.4. The first kappa shape index (κ1) is 38.3. The minimum absolute atomic E-state index is 0.115. The Labute approximate surface area is 395 Å². The molecule has 0 radical (unpaired) electrons. The van der Waals surface area contributed by atoms with Crippen molar-refractivity contribution in [1.29, 1.82) is 0 Å². The monoisotopic (exact) mass is 872 g/mol. The van der Waals surface area contributed by atoms with Crippen molar-refractivity contribution in [3.8, 4) is 33.4 Å². The van der Waals surface area contributed by atoms with E-state index in [0.717, 1.165) is 22.7 Å². The highest BCUT2D eigenvalue weighted by Gasteiger charge is 2.52. The predicted octanol–water partition coefficient (Wildman–Crippen LogP) is 17.6. The van der Waals surface area contributed by atoms with Crippen LogP contribution in [0.15, 0.2) is 231 Å². The molecule has 1 unspecified atom stereocenters. The van der Waals surface area contributed by atoms with Gasteiger partial charge in [0, 0.05) is 49.2 Å². The molecule has 3 aliphatic carbocycles. The number of rotatable bonds is 6. The predicted molar refractivity (Wildman–Crippen MR) is 283 cm³/mol. The Morgan fingerprint density at radius 1 is 0.328 bits per heavy atom. The lowest BCUT2D eigenvalue weighted by Crippen LogP contribution is -2.26. The van der Waals surface area contributed by atoms with Gasteiger partial charge < -0.3 is 9.80 Å². The zero-order valence-corrected chi connectivity index (χ0v) is 38.1. The summed E-state index contributed by atoms with van der Waals surface area (Å²) in [6.07, 6.45) is 0. The van der Waals surface area contributed by atoms with Crippen molar-refractivity contribution in [3.05, 3.63) is 264 Å². The molecule has 0 aliphatic heterocycles. The summed E-state index contributed by atoms with van der Waals surface area (Å²) in [4.78, 5) is 4.97. The highest BCUT2D eigenvalue weighted by molar-refractivity contribution is 7.26. The number of para-hydroxylation sites is 2. The van der Waals surface area contributed by atoms with Crippen LogP contribution in [0.3, 0.4) is 0 Å². The Hall–Kier alpha value is -7.98. The third-order valence-electron chi connectivity index (χ3n) is 15.1. The molecule has 3 heteroatoms. The maximum atomic E-state index is 2.52. The second kappa shape index (κ2) is 14.3. The van der Waals surface area contributed by atoms with Gasteiger partial charge in [-0.1, -0.05) is 178 Å². The molecule has 0 fully saturated rings. The summed E-state index contributed by atoms with van der Waals surface area (Å²) in [5.41, 5.74) is 22.1. The molecule has 0 bridgehead atoms. The number of anilines is 6. The molecular weight excluding hydrogens is 829 g/mol. The van der Waals surface area contributed by atoms with Gasteiger partial charge in [-0.25, -0.2) is 0 Å². The number of benzene rings is 10. The number of fused-ring (bicyclic) bond motifs is 16. The fourth-order valence-electron chi connectivity index (χ4n) is 12.2. The van der Waals surface area contributed by atoms with Crippen molar-refractivity contribution in [2.24, 2.45) is 0 Å². The minimum atomic E-state index is -0.528. The molecule has 14 rings (SSSR count). The Morgan fingerprint density at radius 3 is 1.63 bits per heavy atom. The van der Waals surface area contributed by atoms with Crippen molar-refractivity contribution in [1.82, 2.24) is 0 Å². The molecule has 1 atom stereocenters. The second-order valence-corrected chi connectivity index (χ2v) is 19.8. The Bertz CT molecular complexity index is 3810. The minimum Gasteiger partial charge on any atom is -0.310 e. The number of nitrogens with zero attached hydrogens (tertiary/aromatic N) is 2. The summed E-state index contributed by atoms with van der Waals surface area (Å²) in [7, 11) is 0. The number of hydrogen-bond acceptors (Lipinski definition) is 3. The second-order valence-electron chi connectivity index (χ2n) is 18.8. The standard InChI is InChI=1S/C64H44N2S/c1-63(2)52-28-13-9-23-45(52)47-37-35-44(40-57(47)63)65(41-19-5-3-6-20-41)43-36-38-55-51(39-43)46-24-10-14-29-53(46)64(55)54-30-15-11-26-50(54)61-56(64)31-18-32-58(61)66(42-21-7-4-8-22-42)59-33-17-27-49-48-25-12-16-34-60(48)67-62(49)59/h3-40H,1-2H3. The number of thiophene rings is 1. The summed E-state index contributed by atoms with van der Waals surface area (Å²) < 4.78 is 2.59. The molecule has 0 N–H and O–H groups in total. The molecule has 2 nitrogen and oxygen atoms in total. The average molecular weight is 873 g/mol. The molecule has 3 aliphatic rings. The van der Waals surface area contributed by atoms with E-state index in [4.69, 9.17) is 0 Å². The van der Waals surface area contributed by atoms with E-state index in [1.165, 1.54) is 98.3 Å². The average Bonchev–Trinajstić information content (AvgIpc) is 4.07. The van der Waals surface area contributed by atoms with Crippen LogP contribution in [-0.4, -0.2) is 0 Å². The van der Waals surface area contributed by atoms with Gasteiger partial charge in [-0.05, 0) is 128 Å². The molecule has 0 saturated carbocycles. The van der Waals surface area contributed by atoms with Gasteiger partial charge in [0.1, 0.15) is 0 Å². The maximum absolute atomic E-state index is 2.52. The fraction of sp³-hybridized carbons (Fsp3) is 0.0625. The van der Waals surface area contributed by atoms with Crippen molar-refractivity contribution < 1.29 is 0 Å². The number of hydrogen-bond donors (Lipinski definition) is 0. The van der Waals surface area contributed by atoms with Crippen molar-refractivity contribution in [2.75, 3.05) is 9.80 Å². The van der Waals surface area contributed by atoms with Gasteiger partial charge in [0.25, 0.3) is 0 Å². The van der Waals surface area contributed by atoms with Crippen LogP contribution < -0.4 is 9.80 Å². The Balaban J connectivity index is 0.992. The van der Waals surface area contributed by atoms with Crippen molar-refractivity contribution >= 4 is 65.6 Å². The van der Waals surface area contributed by atoms with Gasteiger partial charge in [-0.2, -0.15) is 0 Å². The van der Waals surface area contributed by atoms with Gasteiger partial charge >= 0.3 is 0 Å². The molecule has 67 heavy (non-hydrogen) atoms. The van der Waals surface area contributed by atoms with E-state index in [1.807, 2.05) is 11.3 Å². The van der Waals surface area contributed by atoms with E-state index in [0.29, 0.717) is 0 Å². The molecule has 316 valence electrons. The molecular formula is C64H44N2S. The molecule has 0 amide bonds. The van der Waals surface area contributed by atoms with Crippen LogP contribution in [0, 0.1) is 0 Å². The summed E-state index contributed by atoms with van der Waals surface area (Å²) in [6, 6.07) is 86.2. The van der Waals surface area contributed by atoms with Gasteiger partial charge in [0.15, 0.2) is 0 Å². The Kier molecular flexibility index (Phi) is 8.15. The molecule has 10 aromatic carbocycles. The summed E-state index contributed by atoms with van der Waals surface area (Å²) in [5, 5.41) is 2.59. The van der Waals surface area contributed by atoms with Crippen LogP contribution in [0.2, 0.25) is 0 Å². The highest BCUT2D eigenvalue weighted by atomic mass is 32.1. The van der Waals surface area contributed by atoms with E-state index in [1.54, 1.807) is 0 Å². The Morgan fingerprint density at radius 2 is 0.851 bits per heavy atom. The van der Waals surface area contributed by atoms with Crippen LogP contribution in [0.5, 0.6) is 0 Å². The largest absolute Gasteiger partial charge is 0.310 e. The summed E-state index contributed by atoms with van der Waals surface area (Å²) >= 11 is 1.88. The van der Waals surface area contributed by atoms with Crippen LogP contribution in [-0.2, 0) is 10.8 Å². The lowest BCUT2D eigenvalue weighted by atomic mass is 9.70. The van der Waals surface area contributed by atoms with Gasteiger partial charge in [0.2, 0.25) is 0 Å². The van der Waals surface area contributed by atoms with Crippen LogP contribution in [0.1, 0.15) is 47.2 Å². The van der Waals surface area contributed by atoms with E-state index in [-0.39, 0.29) is 5.41 Å². The smallest absolute Gasteiger partial charge is 0.0726 e. The van der Waals surface area contributed by atoms with E-state index in [9.17, 15) is 0 Å². The van der Waals surface area contributed by atoms with Crippen molar-refractivity contribution in [3.63, 3.8) is 0 Å². The first-order chi connectivity index (χ1) is 33.0. The molecule has 1 aromatic heterocycles. The topological polar surface area (TPSA) is 6.48 Å². The lowest BCUT2D eigenvalue weighted by Gasteiger charge is -2.32. The molecule has 0 saturated heterocycles.